The molecule has 10 heteroatoms. The summed E-state index contributed by atoms with van der Waals surface area (Å²) in [5.74, 6) is 0.528. The molecule has 180 valence electrons. The predicted molar refractivity (Wildman–Crippen MR) is 132 cm³/mol. The monoisotopic (exact) mass is 553 g/mol. The fraction of sp³-hybridized carbons (Fsp3) is 0.857. The number of ether oxygens (including phenoxy) is 2. The van der Waals surface area contributed by atoms with E-state index in [9.17, 15) is 9.59 Å². The molecule has 0 bridgehead atoms. The van der Waals surface area contributed by atoms with Crippen molar-refractivity contribution in [2.75, 3.05) is 40.8 Å². The number of halogens is 1. The van der Waals surface area contributed by atoms with Gasteiger partial charge >= 0.3 is 6.09 Å². The summed E-state index contributed by atoms with van der Waals surface area (Å²) in [6.07, 6.45) is 5.28. The summed E-state index contributed by atoms with van der Waals surface area (Å²) >= 11 is 0. The number of methoxy groups -OCH3 is 1. The van der Waals surface area contributed by atoms with Crippen LogP contribution in [0, 0.1) is 0 Å². The van der Waals surface area contributed by atoms with Crippen LogP contribution < -0.4 is 10.6 Å². The first-order valence-corrected chi connectivity index (χ1v) is 10.9. The van der Waals surface area contributed by atoms with E-state index in [1.165, 1.54) is 24.2 Å². The highest BCUT2D eigenvalue weighted by Crippen LogP contribution is 2.19. The van der Waals surface area contributed by atoms with Crippen molar-refractivity contribution in [3.8, 4) is 0 Å². The molecule has 1 aliphatic carbocycles. The van der Waals surface area contributed by atoms with Gasteiger partial charge in [-0.15, -0.1) is 24.0 Å². The highest BCUT2D eigenvalue weighted by atomic mass is 127. The SMILES string of the molecule is CO[C@H]1CN(C(=O)OC(C)(C)C)CC1NC(=NCC(=O)N(C)C)NC1CCCCC1.I. The van der Waals surface area contributed by atoms with Crippen LogP contribution in [0.15, 0.2) is 4.99 Å². The zero-order valence-electron chi connectivity index (χ0n) is 19.8. The average molecular weight is 553 g/mol. The van der Waals surface area contributed by atoms with Gasteiger partial charge in [-0.1, -0.05) is 19.3 Å². The Kier molecular flexibility index (Phi) is 11.3. The van der Waals surface area contributed by atoms with Crippen molar-refractivity contribution < 1.29 is 19.1 Å². The topological polar surface area (TPSA) is 95.5 Å². The van der Waals surface area contributed by atoms with Crippen LogP contribution in [0.1, 0.15) is 52.9 Å². The van der Waals surface area contributed by atoms with Crippen LogP contribution in [0.4, 0.5) is 4.79 Å². The largest absolute Gasteiger partial charge is 0.444 e. The summed E-state index contributed by atoms with van der Waals surface area (Å²) in [7, 11) is 5.07. The lowest BCUT2D eigenvalue weighted by Gasteiger charge is -2.28. The number of likely N-dealkylation sites (tertiary alicyclic amines) is 1. The van der Waals surface area contributed by atoms with Gasteiger partial charge in [-0.2, -0.15) is 0 Å². The molecule has 31 heavy (non-hydrogen) atoms. The third kappa shape index (κ3) is 9.38. The number of carbonyl (C=O) groups is 2. The summed E-state index contributed by atoms with van der Waals surface area (Å²) in [4.78, 5) is 32.2. The van der Waals surface area contributed by atoms with Gasteiger partial charge in [0.2, 0.25) is 5.91 Å². The van der Waals surface area contributed by atoms with E-state index in [0.29, 0.717) is 25.1 Å². The Balaban J connectivity index is 0.00000480. The molecule has 0 aromatic carbocycles. The van der Waals surface area contributed by atoms with E-state index in [0.717, 1.165) is 12.8 Å². The molecular formula is C21H40IN5O4. The van der Waals surface area contributed by atoms with Crippen LogP contribution in [0.5, 0.6) is 0 Å². The van der Waals surface area contributed by atoms with Gasteiger partial charge in [0.25, 0.3) is 0 Å². The number of nitrogens with one attached hydrogen (secondary N) is 2. The Morgan fingerprint density at radius 3 is 2.29 bits per heavy atom. The second kappa shape index (κ2) is 12.7. The normalized spacial score (nSPS) is 22.5. The molecule has 1 aliphatic heterocycles. The van der Waals surface area contributed by atoms with Crippen LogP contribution in [0.3, 0.4) is 0 Å². The lowest BCUT2D eigenvalue weighted by Crippen LogP contribution is -2.52. The van der Waals surface area contributed by atoms with E-state index in [1.807, 2.05) is 20.8 Å². The highest BCUT2D eigenvalue weighted by molar-refractivity contribution is 14.0. The molecule has 0 spiro atoms. The molecule has 2 amide bonds. The number of aliphatic imine (C=N–C) groups is 1. The number of nitrogens with zero attached hydrogens (tertiary/aromatic N) is 3. The lowest BCUT2D eigenvalue weighted by atomic mass is 9.96. The number of hydrogen-bond acceptors (Lipinski definition) is 5. The lowest BCUT2D eigenvalue weighted by molar-refractivity contribution is -0.127. The maximum Gasteiger partial charge on any atom is 0.410 e. The Morgan fingerprint density at radius 2 is 1.74 bits per heavy atom. The van der Waals surface area contributed by atoms with Crippen molar-refractivity contribution in [2.45, 2.75) is 76.7 Å². The molecule has 1 saturated heterocycles. The number of likely N-dealkylation sites (N-methyl/N-ethyl adjacent to an activating group) is 1. The third-order valence-electron chi connectivity index (χ3n) is 5.36. The van der Waals surface area contributed by atoms with E-state index in [2.05, 4.69) is 15.6 Å². The summed E-state index contributed by atoms with van der Waals surface area (Å²) in [5, 5.41) is 6.88. The van der Waals surface area contributed by atoms with E-state index in [4.69, 9.17) is 9.47 Å². The number of hydrogen-bond donors (Lipinski definition) is 2. The van der Waals surface area contributed by atoms with E-state index in [1.54, 1.807) is 26.1 Å². The summed E-state index contributed by atoms with van der Waals surface area (Å²) in [5.41, 5.74) is -0.549. The molecule has 2 N–H and O–H groups in total. The third-order valence-corrected chi connectivity index (χ3v) is 5.36. The Hall–Kier alpha value is -1.30. The summed E-state index contributed by atoms with van der Waals surface area (Å²) < 4.78 is 11.1. The Labute approximate surface area is 203 Å². The first-order chi connectivity index (χ1) is 14.1. The maximum atomic E-state index is 12.5. The molecule has 0 aromatic rings. The minimum Gasteiger partial charge on any atom is -0.444 e. The standard InChI is InChI=1S/C21H39N5O4.HI/c1-21(2,3)30-20(28)26-13-16(17(14-26)29-6)24-19(22-12-18(27)25(4)5)23-15-10-8-7-9-11-15;/h15-17H,7-14H2,1-6H3,(H2,22,23,24);1H/t16?,17-;/m0./s1. The van der Waals surface area contributed by atoms with E-state index < -0.39 is 5.60 Å². The van der Waals surface area contributed by atoms with Crippen LogP contribution in [-0.2, 0) is 14.3 Å². The number of guanidine groups is 1. The first kappa shape index (κ1) is 27.7. The van der Waals surface area contributed by atoms with Gasteiger partial charge in [0, 0.05) is 33.8 Å². The molecule has 0 radical (unpaired) electrons. The number of rotatable bonds is 5. The van der Waals surface area contributed by atoms with Crippen LogP contribution >= 0.6 is 24.0 Å². The molecule has 2 fully saturated rings. The van der Waals surface area contributed by atoms with Crippen LogP contribution in [-0.4, -0.2) is 92.4 Å². The van der Waals surface area contributed by atoms with Gasteiger partial charge in [-0.3, -0.25) is 4.79 Å². The van der Waals surface area contributed by atoms with Gasteiger partial charge in [0.05, 0.1) is 18.7 Å². The van der Waals surface area contributed by atoms with Crippen molar-refractivity contribution in [1.82, 2.24) is 20.4 Å². The average Bonchev–Trinajstić information content (AvgIpc) is 3.08. The fourth-order valence-electron chi connectivity index (χ4n) is 3.66. The zero-order chi connectivity index (χ0) is 22.3. The molecule has 1 saturated carbocycles. The number of carbonyl (C=O) groups excluding carboxylic acids is 2. The Morgan fingerprint density at radius 1 is 1.10 bits per heavy atom. The molecule has 0 aromatic heterocycles. The molecule has 2 aliphatic rings. The van der Waals surface area contributed by atoms with Crippen molar-refractivity contribution in [3.63, 3.8) is 0 Å². The molecule has 1 unspecified atom stereocenters. The van der Waals surface area contributed by atoms with Gasteiger partial charge in [-0.05, 0) is 33.6 Å². The van der Waals surface area contributed by atoms with Crippen molar-refractivity contribution in [1.29, 1.82) is 0 Å². The van der Waals surface area contributed by atoms with Crippen LogP contribution in [0.25, 0.3) is 0 Å². The van der Waals surface area contributed by atoms with Gasteiger partial charge in [-0.25, -0.2) is 9.79 Å². The molecule has 1 heterocycles. The van der Waals surface area contributed by atoms with Crippen molar-refractivity contribution in [2.24, 2.45) is 4.99 Å². The fourth-order valence-corrected chi connectivity index (χ4v) is 3.66. The first-order valence-electron chi connectivity index (χ1n) is 10.9. The smallest absolute Gasteiger partial charge is 0.410 e. The molecular weight excluding hydrogens is 513 g/mol. The van der Waals surface area contributed by atoms with Gasteiger partial charge < -0.3 is 29.9 Å². The maximum absolute atomic E-state index is 12.5. The zero-order valence-corrected chi connectivity index (χ0v) is 22.1. The van der Waals surface area contributed by atoms with Crippen molar-refractivity contribution >= 4 is 41.9 Å². The van der Waals surface area contributed by atoms with Gasteiger partial charge in [0.1, 0.15) is 12.1 Å². The van der Waals surface area contributed by atoms with Crippen molar-refractivity contribution in [3.05, 3.63) is 0 Å². The molecule has 2 rings (SSSR count). The number of amides is 2. The molecule has 2 atom stereocenters. The highest BCUT2D eigenvalue weighted by Gasteiger charge is 2.38. The van der Waals surface area contributed by atoms with Crippen LogP contribution in [0.2, 0.25) is 0 Å². The predicted octanol–water partition coefficient (Wildman–Crippen LogP) is 2.19. The van der Waals surface area contributed by atoms with E-state index in [-0.39, 0.29) is 54.7 Å². The second-order valence-corrected chi connectivity index (χ2v) is 9.34. The van der Waals surface area contributed by atoms with E-state index >= 15 is 0 Å². The minimum absolute atomic E-state index is 0. The second-order valence-electron chi connectivity index (χ2n) is 9.34. The minimum atomic E-state index is -0.549. The summed E-state index contributed by atoms with van der Waals surface area (Å²) in [6, 6.07) is 0.190. The Bertz CT molecular complexity index is 617. The quantitative estimate of drug-likeness (QED) is 0.308. The molecule has 9 nitrogen and oxygen atoms in total. The summed E-state index contributed by atoms with van der Waals surface area (Å²) in [6.45, 7) is 6.51. The van der Waals surface area contributed by atoms with Gasteiger partial charge in [0.15, 0.2) is 5.96 Å².